The number of allylic oxidation sites excluding steroid dienone is 2. The van der Waals surface area contributed by atoms with Crippen LogP contribution in [0.5, 0.6) is 0 Å². The van der Waals surface area contributed by atoms with Gasteiger partial charge in [-0.15, -0.1) is 0 Å². The van der Waals surface area contributed by atoms with Crippen LogP contribution in [-0.4, -0.2) is 29.2 Å². The molecule has 1 unspecified atom stereocenters. The summed E-state index contributed by atoms with van der Waals surface area (Å²) in [4.78, 5) is 15.7. The average molecular weight is 386 g/mol. The van der Waals surface area contributed by atoms with Crippen LogP contribution in [0.1, 0.15) is 45.2 Å². The number of carbonyl (C=O) groups excluding carboxylic acids is 1. The first-order valence-electron chi connectivity index (χ1n) is 9.47. The van der Waals surface area contributed by atoms with E-state index in [0.717, 1.165) is 22.4 Å². The van der Waals surface area contributed by atoms with Gasteiger partial charge < -0.3 is 5.32 Å². The Balaban J connectivity index is 1.87. The number of benzene rings is 1. The molecule has 1 atom stereocenters. The molecule has 28 heavy (non-hydrogen) atoms. The lowest BCUT2D eigenvalue weighted by Gasteiger charge is -2.30. The maximum absolute atomic E-state index is 14.3. The SMILES string of the molecule is CCC(F)(F)C1=CC2=C(c3ccc4c(c3)CC(=O)N4)C(C(C)(C)C)NN2C=N1. The lowest BCUT2D eigenvalue weighted by molar-refractivity contribution is -0.115. The molecule has 1 aromatic rings. The molecule has 0 aromatic heterocycles. The maximum atomic E-state index is 14.3. The molecular formula is C21H24F2N4O. The summed E-state index contributed by atoms with van der Waals surface area (Å²) in [6, 6.07) is 5.71. The Bertz CT molecular complexity index is 940. The molecule has 148 valence electrons. The molecule has 0 saturated carbocycles. The van der Waals surface area contributed by atoms with Crippen LogP contribution in [0.2, 0.25) is 0 Å². The van der Waals surface area contributed by atoms with Crippen molar-refractivity contribution in [3.63, 3.8) is 0 Å². The molecule has 0 saturated heterocycles. The van der Waals surface area contributed by atoms with Crippen molar-refractivity contribution < 1.29 is 13.6 Å². The highest BCUT2D eigenvalue weighted by molar-refractivity contribution is 5.99. The van der Waals surface area contributed by atoms with Gasteiger partial charge in [-0.05, 0) is 34.8 Å². The molecule has 0 spiro atoms. The number of amides is 1. The van der Waals surface area contributed by atoms with E-state index in [0.29, 0.717) is 12.1 Å². The number of hydrogen-bond acceptors (Lipinski definition) is 4. The van der Waals surface area contributed by atoms with Crippen molar-refractivity contribution in [1.29, 1.82) is 0 Å². The van der Waals surface area contributed by atoms with E-state index in [4.69, 9.17) is 0 Å². The molecule has 5 nitrogen and oxygen atoms in total. The van der Waals surface area contributed by atoms with E-state index in [1.54, 1.807) is 5.01 Å². The Hall–Kier alpha value is -2.54. The summed E-state index contributed by atoms with van der Waals surface area (Å²) in [5.41, 5.74) is 7.26. The Labute approximate surface area is 163 Å². The van der Waals surface area contributed by atoms with Gasteiger partial charge in [0, 0.05) is 17.7 Å². The Morgan fingerprint density at radius 3 is 2.71 bits per heavy atom. The molecule has 0 bridgehead atoms. The van der Waals surface area contributed by atoms with Gasteiger partial charge in [0.15, 0.2) is 0 Å². The number of hydrogen-bond donors (Lipinski definition) is 2. The van der Waals surface area contributed by atoms with Crippen LogP contribution in [0.15, 0.2) is 40.7 Å². The van der Waals surface area contributed by atoms with Crippen molar-refractivity contribution in [2.45, 2.75) is 52.5 Å². The Morgan fingerprint density at radius 1 is 1.29 bits per heavy atom. The van der Waals surface area contributed by atoms with Crippen molar-refractivity contribution >= 4 is 23.5 Å². The molecule has 0 radical (unpaired) electrons. The van der Waals surface area contributed by atoms with E-state index in [1.165, 1.54) is 19.3 Å². The number of fused-ring (bicyclic) bond motifs is 2. The summed E-state index contributed by atoms with van der Waals surface area (Å²) in [5, 5.41) is 4.55. The number of hydrazine groups is 1. The van der Waals surface area contributed by atoms with E-state index >= 15 is 0 Å². The standard InChI is InChI=1S/C21H24F2N4O/c1-5-21(22,23)16-10-15-18(19(20(2,3)4)26-27(15)11-24-16)12-6-7-14-13(8-12)9-17(28)25-14/h6-8,10-11,19,26H,5,9H2,1-4H3,(H,25,28). The van der Waals surface area contributed by atoms with Crippen molar-refractivity contribution in [2.24, 2.45) is 10.4 Å². The van der Waals surface area contributed by atoms with E-state index in [9.17, 15) is 13.6 Å². The fourth-order valence-corrected chi connectivity index (χ4v) is 3.80. The summed E-state index contributed by atoms with van der Waals surface area (Å²) < 4.78 is 28.6. The van der Waals surface area contributed by atoms with Crippen molar-refractivity contribution in [3.8, 4) is 0 Å². The zero-order chi connectivity index (χ0) is 20.3. The topological polar surface area (TPSA) is 56.7 Å². The minimum absolute atomic E-state index is 0.0297. The molecular weight excluding hydrogens is 362 g/mol. The van der Waals surface area contributed by atoms with Crippen LogP contribution in [0.4, 0.5) is 14.5 Å². The molecule has 7 heteroatoms. The number of alkyl halides is 2. The lowest BCUT2D eigenvalue weighted by atomic mass is 9.79. The van der Waals surface area contributed by atoms with Gasteiger partial charge >= 0.3 is 0 Å². The number of anilines is 1. The highest BCUT2D eigenvalue weighted by Crippen LogP contribution is 2.42. The van der Waals surface area contributed by atoms with E-state index < -0.39 is 5.92 Å². The predicted octanol–water partition coefficient (Wildman–Crippen LogP) is 4.10. The van der Waals surface area contributed by atoms with Crippen LogP contribution in [0.25, 0.3) is 5.57 Å². The first-order valence-corrected chi connectivity index (χ1v) is 9.47. The smallest absolute Gasteiger partial charge is 0.289 e. The van der Waals surface area contributed by atoms with Gasteiger partial charge in [-0.2, -0.15) is 8.78 Å². The molecule has 0 fully saturated rings. The monoisotopic (exact) mass is 386 g/mol. The third-order valence-corrected chi connectivity index (χ3v) is 5.40. The minimum Gasteiger partial charge on any atom is -0.326 e. The number of rotatable bonds is 3. The Kier molecular flexibility index (Phi) is 4.19. The molecule has 3 aliphatic heterocycles. The third-order valence-electron chi connectivity index (χ3n) is 5.40. The van der Waals surface area contributed by atoms with Crippen LogP contribution in [-0.2, 0) is 11.2 Å². The lowest BCUT2D eigenvalue weighted by Crippen LogP contribution is -2.44. The molecule has 3 heterocycles. The molecule has 2 N–H and O–H groups in total. The van der Waals surface area contributed by atoms with Crippen molar-refractivity contribution in [3.05, 3.63) is 46.8 Å². The van der Waals surface area contributed by atoms with Crippen LogP contribution >= 0.6 is 0 Å². The maximum Gasteiger partial charge on any atom is 0.289 e. The summed E-state index contributed by atoms with van der Waals surface area (Å²) in [5.74, 6) is -3.01. The summed E-state index contributed by atoms with van der Waals surface area (Å²) in [6.07, 6.45) is 2.94. The van der Waals surface area contributed by atoms with E-state index in [1.807, 2.05) is 18.2 Å². The van der Waals surface area contributed by atoms with Gasteiger partial charge in [-0.25, -0.2) is 10.4 Å². The molecule has 1 amide bonds. The van der Waals surface area contributed by atoms with Crippen molar-refractivity contribution in [1.82, 2.24) is 10.4 Å². The molecule has 3 aliphatic rings. The first kappa shape index (κ1) is 18.8. The van der Waals surface area contributed by atoms with Crippen molar-refractivity contribution in [2.75, 3.05) is 5.32 Å². The predicted molar refractivity (Wildman–Crippen MR) is 106 cm³/mol. The summed E-state index contributed by atoms with van der Waals surface area (Å²) >= 11 is 0. The minimum atomic E-state index is -2.98. The highest BCUT2D eigenvalue weighted by atomic mass is 19.3. The fourth-order valence-electron chi connectivity index (χ4n) is 3.80. The Morgan fingerprint density at radius 2 is 2.04 bits per heavy atom. The normalized spacial score (nSPS) is 21.6. The van der Waals surface area contributed by atoms with Gasteiger partial charge in [0.05, 0.1) is 18.2 Å². The quantitative estimate of drug-likeness (QED) is 0.822. The first-order chi connectivity index (χ1) is 13.1. The highest BCUT2D eigenvalue weighted by Gasteiger charge is 2.42. The van der Waals surface area contributed by atoms with E-state index in [-0.39, 0.29) is 29.5 Å². The largest absolute Gasteiger partial charge is 0.326 e. The van der Waals surface area contributed by atoms with Gasteiger partial charge in [0.2, 0.25) is 5.91 Å². The number of aliphatic imine (C=N–C) groups is 1. The summed E-state index contributed by atoms with van der Waals surface area (Å²) in [6.45, 7) is 7.76. The summed E-state index contributed by atoms with van der Waals surface area (Å²) in [7, 11) is 0. The second-order valence-corrected chi connectivity index (χ2v) is 8.53. The fraction of sp³-hybridized carbons (Fsp3) is 0.429. The molecule has 4 rings (SSSR count). The van der Waals surface area contributed by atoms with E-state index in [2.05, 4.69) is 36.5 Å². The number of nitrogens with zero attached hydrogens (tertiary/aromatic N) is 2. The van der Waals surface area contributed by atoms with Gasteiger partial charge in [0.25, 0.3) is 5.92 Å². The number of halogens is 2. The third kappa shape index (κ3) is 3.03. The van der Waals surface area contributed by atoms with Crippen LogP contribution in [0, 0.1) is 5.41 Å². The number of nitrogens with one attached hydrogen (secondary N) is 2. The molecule has 1 aromatic carbocycles. The van der Waals surface area contributed by atoms with Crippen LogP contribution < -0.4 is 10.7 Å². The van der Waals surface area contributed by atoms with Gasteiger partial charge in [-0.3, -0.25) is 9.80 Å². The van der Waals surface area contributed by atoms with Gasteiger partial charge in [0.1, 0.15) is 12.0 Å². The zero-order valence-electron chi connectivity index (χ0n) is 16.4. The second-order valence-electron chi connectivity index (χ2n) is 8.53. The average Bonchev–Trinajstić information content (AvgIpc) is 3.19. The van der Waals surface area contributed by atoms with Gasteiger partial charge in [-0.1, -0.05) is 33.8 Å². The second kappa shape index (κ2) is 6.24. The number of carbonyl (C=O) groups is 1. The van der Waals surface area contributed by atoms with Crippen LogP contribution in [0.3, 0.4) is 0 Å². The zero-order valence-corrected chi connectivity index (χ0v) is 16.4. The molecule has 0 aliphatic carbocycles.